The van der Waals surface area contributed by atoms with E-state index in [9.17, 15) is 17.6 Å². The number of nitrogens with one attached hydrogen (secondary N) is 1. The molecule has 23 heavy (non-hydrogen) atoms. The molecule has 0 saturated carbocycles. The minimum absolute atomic E-state index is 0.217. The van der Waals surface area contributed by atoms with Gasteiger partial charge in [0.05, 0.1) is 18.4 Å². The summed E-state index contributed by atoms with van der Waals surface area (Å²) in [6, 6.07) is 6.38. The van der Waals surface area contributed by atoms with Crippen LogP contribution in [-0.4, -0.2) is 26.4 Å². The fraction of sp³-hybridized carbons (Fsp3) is 0.143. The number of rotatable bonds is 5. The van der Waals surface area contributed by atoms with Crippen LogP contribution in [0.25, 0.3) is 0 Å². The molecule has 0 radical (unpaired) electrons. The van der Waals surface area contributed by atoms with Crippen LogP contribution in [0.1, 0.15) is 15.9 Å². The molecule has 2 aromatic rings. The number of hydrogen-bond donors (Lipinski definition) is 1. The second kappa shape index (κ2) is 6.93. The highest BCUT2D eigenvalue weighted by molar-refractivity contribution is 7.89. The molecule has 1 heterocycles. The van der Waals surface area contributed by atoms with Crippen LogP contribution in [-0.2, 0) is 15.8 Å². The number of sulfonamides is 1. The number of amides is 1. The van der Waals surface area contributed by atoms with Gasteiger partial charge in [0.1, 0.15) is 16.7 Å². The normalized spacial score (nSPS) is 11.1. The molecule has 0 saturated heterocycles. The zero-order valence-corrected chi connectivity index (χ0v) is 13.5. The number of benzene rings is 1. The maximum absolute atomic E-state index is 13.8. The number of ether oxygens (including phenoxy) is 1. The van der Waals surface area contributed by atoms with Gasteiger partial charge in [-0.3, -0.25) is 4.79 Å². The number of methoxy groups -OCH3 is 1. The van der Waals surface area contributed by atoms with Crippen molar-refractivity contribution in [3.05, 3.63) is 58.6 Å². The van der Waals surface area contributed by atoms with Crippen LogP contribution in [0.4, 0.5) is 4.39 Å². The SMILES string of the molecule is COc1ccc(C(=O)NS(=O)(=O)Cc2ccc(Cl)nc2)c(F)c1. The molecule has 6 nitrogen and oxygen atoms in total. The van der Waals surface area contributed by atoms with Gasteiger partial charge in [-0.15, -0.1) is 0 Å². The van der Waals surface area contributed by atoms with Crippen LogP contribution in [0, 0.1) is 5.82 Å². The Bertz CT molecular complexity index is 825. The van der Waals surface area contributed by atoms with Gasteiger partial charge in [-0.2, -0.15) is 0 Å². The number of carbonyl (C=O) groups excluding carboxylic acids is 1. The van der Waals surface area contributed by atoms with E-state index in [2.05, 4.69) is 4.98 Å². The summed E-state index contributed by atoms with van der Waals surface area (Å²) in [5, 5.41) is 0.218. The molecule has 0 bridgehead atoms. The molecule has 122 valence electrons. The van der Waals surface area contributed by atoms with Crippen LogP contribution in [0.15, 0.2) is 36.5 Å². The van der Waals surface area contributed by atoms with E-state index in [1.165, 1.54) is 31.5 Å². The molecule has 0 aliphatic rings. The standard InChI is InChI=1S/C14H12ClFN2O4S/c1-22-10-3-4-11(12(16)6-10)14(19)18-23(20,21)8-9-2-5-13(15)17-7-9/h2-7H,8H2,1H3,(H,18,19). The average molecular weight is 359 g/mol. The van der Waals surface area contributed by atoms with E-state index < -0.39 is 33.1 Å². The van der Waals surface area contributed by atoms with Gasteiger partial charge in [0.25, 0.3) is 5.91 Å². The molecule has 0 unspecified atom stereocenters. The van der Waals surface area contributed by atoms with Gasteiger partial charge in [-0.1, -0.05) is 17.7 Å². The van der Waals surface area contributed by atoms with E-state index in [4.69, 9.17) is 16.3 Å². The van der Waals surface area contributed by atoms with Crippen LogP contribution in [0.3, 0.4) is 0 Å². The molecule has 1 amide bonds. The first kappa shape index (κ1) is 17.2. The Morgan fingerprint density at radius 3 is 2.65 bits per heavy atom. The average Bonchev–Trinajstić information content (AvgIpc) is 2.48. The van der Waals surface area contributed by atoms with E-state index in [1.54, 1.807) is 4.72 Å². The molecule has 1 aromatic heterocycles. The van der Waals surface area contributed by atoms with Crippen molar-refractivity contribution in [2.75, 3.05) is 7.11 Å². The number of halogens is 2. The fourth-order valence-electron chi connectivity index (χ4n) is 1.75. The molecule has 1 N–H and O–H groups in total. The summed E-state index contributed by atoms with van der Waals surface area (Å²) >= 11 is 5.61. The molecule has 0 fully saturated rings. The van der Waals surface area contributed by atoms with Crippen LogP contribution in [0.2, 0.25) is 5.15 Å². The Balaban J connectivity index is 2.13. The Morgan fingerprint density at radius 1 is 1.35 bits per heavy atom. The first-order valence-electron chi connectivity index (χ1n) is 6.29. The Labute approximate surface area is 137 Å². The second-order valence-corrected chi connectivity index (χ2v) is 6.63. The Kier molecular flexibility index (Phi) is 5.17. The van der Waals surface area contributed by atoms with E-state index in [0.717, 1.165) is 12.1 Å². The van der Waals surface area contributed by atoms with Gasteiger partial charge >= 0.3 is 0 Å². The van der Waals surface area contributed by atoms with Gasteiger partial charge in [-0.25, -0.2) is 22.5 Å². The molecular formula is C14H12ClFN2O4S. The molecule has 1 aromatic carbocycles. The smallest absolute Gasteiger partial charge is 0.267 e. The van der Waals surface area contributed by atoms with Crippen LogP contribution >= 0.6 is 11.6 Å². The van der Waals surface area contributed by atoms with Gasteiger partial charge in [-0.05, 0) is 23.8 Å². The van der Waals surface area contributed by atoms with Crippen molar-refractivity contribution in [2.45, 2.75) is 5.75 Å². The minimum Gasteiger partial charge on any atom is -0.497 e. The lowest BCUT2D eigenvalue weighted by Crippen LogP contribution is -2.32. The number of carbonyl (C=O) groups is 1. The monoisotopic (exact) mass is 358 g/mol. The van der Waals surface area contributed by atoms with Crippen molar-refractivity contribution in [3.63, 3.8) is 0 Å². The molecule has 0 atom stereocenters. The first-order valence-corrected chi connectivity index (χ1v) is 8.32. The predicted molar refractivity (Wildman–Crippen MR) is 82.3 cm³/mol. The summed E-state index contributed by atoms with van der Waals surface area (Å²) in [6.07, 6.45) is 1.28. The van der Waals surface area contributed by atoms with Gasteiger partial charge in [0, 0.05) is 12.3 Å². The van der Waals surface area contributed by atoms with Crippen molar-refractivity contribution < 1.29 is 22.3 Å². The number of nitrogens with zero attached hydrogens (tertiary/aromatic N) is 1. The minimum atomic E-state index is -4.01. The molecule has 0 spiro atoms. The van der Waals surface area contributed by atoms with Crippen molar-refractivity contribution in [1.82, 2.24) is 9.71 Å². The number of hydrogen-bond acceptors (Lipinski definition) is 5. The van der Waals surface area contributed by atoms with Crippen LogP contribution < -0.4 is 9.46 Å². The first-order chi connectivity index (χ1) is 10.8. The van der Waals surface area contributed by atoms with Crippen molar-refractivity contribution in [2.24, 2.45) is 0 Å². The largest absolute Gasteiger partial charge is 0.497 e. The fourth-order valence-corrected chi connectivity index (χ4v) is 2.94. The zero-order chi connectivity index (χ0) is 17.0. The number of pyridine rings is 1. The summed E-state index contributed by atoms with van der Waals surface area (Å²) in [6.45, 7) is 0. The zero-order valence-electron chi connectivity index (χ0n) is 11.9. The third-order valence-electron chi connectivity index (χ3n) is 2.81. The Hall–Kier alpha value is -2.19. The Morgan fingerprint density at radius 2 is 2.09 bits per heavy atom. The summed E-state index contributed by atoms with van der Waals surface area (Å²) in [5.41, 5.74) is -0.0616. The topological polar surface area (TPSA) is 85.4 Å². The highest BCUT2D eigenvalue weighted by Gasteiger charge is 2.20. The molecule has 9 heteroatoms. The van der Waals surface area contributed by atoms with Crippen molar-refractivity contribution >= 4 is 27.5 Å². The summed E-state index contributed by atoms with van der Waals surface area (Å²) in [7, 11) is -2.66. The summed E-state index contributed by atoms with van der Waals surface area (Å²) < 4.78 is 44.3. The molecule has 0 aliphatic carbocycles. The van der Waals surface area contributed by atoms with Crippen LogP contribution in [0.5, 0.6) is 5.75 Å². The molecular weight excluding hydrogens is 347 g/mol. The highest BCUT2D eigenvalue weighted by Crippen LogP contribution is 2.16. The van der Waals surface area contributed by atoms with Gasteiger partial charge in [0.15, 0.2) is 0 Å². The van der Waals surface area contributed by atoms with E-state index >= 15 is 0 Å². The predicted octanol–water partition coefficient (Wildman–Crippen LogP) is 2.14. The third-order valence-corrected chi connectivity index (χ3v) is 4.25. The quantitative estimate of drug-likeness (QED) is 0.828. The van der Waals surface area contributed by atoms with Gasteiger partial charge in [0.2, 0.25) is 10.0 Å². The summed E-state index contributed by atoms with van der Waals surface area (Å²) in [5.74, 6) is -2.22. The maximum atomic E-state index is 13.8. The lowest BCUT2D eigenvalue weighted by molar-refractivity contribution is 0.0977. The van der Waals surface area contributed by atoms with E-state index in [0.29, 0.717) is 5.56 Å². The lowest BCUT2D eigenvalue weighted by atomic mass is 10.2. The third kappa shape index (κ3) is 4.64. The molecule has 0 aliphatic heterocycles. The second-order valence-electron chi connectivity index (χ2n) is 4.53. The molecule has 2 rings (SSSR count). The van der Waals surface area contributed by atoms with E-state index in [-0.39, 0.29) is 10.9 Å². The summed E-state index contributed by atoms with van der Waals surface area (Å²) in [4.78, 5) is 15.7. The van der Waals surface area contributed by atoms with Gasteiger partial charge < -0.3 is 4.74 Å². The van der Waals surface area contributed by atoms with Crippen molar-refractivity contribution in [3.8, 4) is 5.75 Å². The lowest BCUT2D eigenvalue weighted by Gasteiger charge is -2.08. The maximum Gasteiger partial charge on any atom is 0.267 e. The number of aromatic nitrogens is 1. The highest BCUT2D eigenvalue weighted by atomic mass is 35.5. The van der Waals surface area contributed by atoms with Crippen molar-refractivity contribution in [1.29, 1.82) is 0 Å². The van der Waals surface area contributed by atoms with E-state index in [1.807, 2.05) is 0 Å².